The lowest BCUT2D eigenvalue weighted by molar-refractivity contribution is 0.132. The smallest absolute Gasteiger partial charge is 0.209 e. The summed E-state index contributed by atoms with van der Waals surface area (Å²) >= 11 is 0. The lowest BCUT2D eigenvalue weighted by Gasteiger charge is -2.33. The number of nitrogens with one attached hydrogen (secondary N) is 1. The van der Waals surface area contributed by atoms with Gasteiger partial charge in [0.1, 0.15) is 0 Å². The maximum Gasteiger partial charge on any atom is 0.209 e. The second-order valence-electron chi connectivity index (χ2n) is 6.19. The molecule has 2 aliphatic rings. The first-order valence-corrected chi connectivity index (χ1v) is 7.82. The molecule has 0 radical (unpaired) electrons. The summed E-state index contributed by atoms with van der Waals surface area (Å²) in [6, 6.07) is 10.2. The number of hydrogen-bond donors (Lipinski definition) is 1. The Hall–Kier alpha value is -1.07. The zero-order valence-electron chi connectivity index (χ0n) is 13.0. The Kier molecular flexibility index (Phi) is 6.48. The van der Waals surface area contributed by atoms with Gasteiger partial charge in [0, 0.05) is 12.1 Å². The van der Waals surface area contributed by atoms with Gasteiger partial charge in [0.25, 0.3) is 0 Å². The Bertz CT molecular complexity index is 605. The van der Waals surface area contributed by atoms with Crippen LogP contribution in [-0.2, 0) is 6.54 Å². The van der Waals surface area contributed by atoms with Crippen LogP contribution >= 0.6 is 24.8 Å². The molecule has 2 unspecified atom stereocenters. The molecule has 2 aliphatic heterocycles. The highest BCUT2D eigenvalue weighted by Crippen LogP contribution is 2.28. The maximum absolute atomic E-state index is 5.92. The standard InChI is InChI=1S/C17H21N3O.2ClH/c1-2-4-13(5-3-1)16-10-19-17(21-16)12-20-7-6-14-8-18-9-15(14)11-20;;/h1-5,10,14-15,18H,6-9,11-12H2;2*1H. The molecule has 0 spiro atoms. The normalized spacial score (nSPS) is 23.7. The minimum atomic E-state index is 0. The summed E-state index contributed by atoms with van der Waals surface area (Å²) in [6.45, 7) is 5.53. The molecule has 2 atom stereocenters. The predicted molar refractivity (Wildman–Crippen MR) is 96.2 cm³/mol. The van der Waals surface area contributed by atoms with Crippen LogP contribution in [0.25, 0.3) is 11.3 Å². The van der Waals surface area contributed by atoms with Crippen molar-refractivity contribution in [3.05, 3.63) is 42.4 Å². The molecule has 2 aromatic rings. The van der Waals surface area contributed by atoms with E-state index in [0.29, 0.717) is 0 Å². The number of piperidine rings is 1. The van der Waals surface area contributed by atoms with E-state index in [1.807, 2.05) is 24.4 Å². The number of aromatic nitrogens is 1. The van der Waals surface area contributed by atoms with E-state index in [4.69, 9.17) is 4.42 Å². The number of hydrogen-bond acceptors (Lipinski definition) is 4. The minimum Gasteiger partial charge on any atom is -0.439 e. The van der Waals surface area contributed by atoms with Crippen LogP contribution in [0.3, 0.4) is 0 Å². The number of halogens is 2. The van der Waals surface area contributed by atoms with Crippen LogP contribution in [-0.4, -0.2) is 36.1 Å². The van der Waals surface area contributed by atoms with E-state index in [0.717, 1.165) is 42.1 Å². The summed E-state index contributed by atoms with van der Waals surface area (Å²) < 4.78 is 5.92. The molecule has 1 N–H and O–H groups in total. The Balaban J connectivity index is 0.000000960. The van der Waals surface area contributed by atoms with Gasteiger partial charge < -0.3 is 9.73 Å². The fourth-order valence-electron chi connectivity index (χ4n) is 3.56. The summed E-state index contributed by atoms with van der Waals surface area (Å²) in [5.74, 6) is 3.38. The largest absolute Gasteiger partial charge is 0.439 e. The van der Waals surface area contributed by atoms with Crippen molar-refractivity contribution >= 4 is 24.8 Å². The molecule has 1 aromatic heterocycles. The summed E-state index contributed by atoms with van der Waals surface area (Å²) in [6.07, 6.45) is 3.14. The van der Waals surface area contributed by atoms with Gasteiger partial charge in [0.05, 0.1) is 12.7 Å². The SMILES string of the molecule is Cl.Cl.c1ccc(-c2cnc(CN3CCC4CNCC4C3)o2)cc1. The van der Waals surface area contributed by atoms with E-state index < -0.39 is 0 Å². The van der Waals surface area contributed by atoms with Gasteiger partial charge in [-0.3, -0.25) is 4.90 Å². The average molecular weight is 356 g/mol. The van der Waals surface area contributed by atoms with E-state index in [1.165, 1.54) is 26.1 Å². The Labute approximate surface area is 149 Å². The monoisotopic (exact) mass is 355 g/mol. The van der Waals surface area contributed by atoms with Crippen LogP contribution in [0.1, 0.15) is 12.3 Å². The van der Waals surface area contributed by atoms with Crippen LogP contribution < -0.4 is 5.32 Å². The minimum absolute atomic E-state index is 0. The second-order valence-corrected chi connectivity index (χ2v) is 6.19. The molecular weight excluding hydrogens is 333 g/mol. The van der Waals surface area contributed by atoms with Crippen LogP contribution in [0.4, 0.5) is 0 Å². The molecule has 0 saturated carbocycles. The molecule has 4 rings (SSSR count). The van der Waals surface area contributed by atoms with Gasteiger partial charge in [-0.15, -0.1) is 24.8 Å². The predicted octanol–water partition coefficient (Wildman–Crippen LogP) is 3.23. The van der Waals surface area contributed by atoms with Crippen LogP contribution in [0, 0.1) is 11.8 Å². The first-order chi connectivity index (χ1) is 10.4. The van der Waals surface area contributed by atoms with Crippen molar-refractivity contribution in [2.75, 3.05) is 26.2 Å². The molecule has 0 bridgehead atoms. The van der Waals surface area contributed by atoms with Crippen LogP contribution in [0.2, 0.25) is 0 Å². The lowest BCUT2D eigenvalue weighted by Crippen LogP contribution is -2.39. The second kappa shape index (κ2) is 8.15. The zero-order valence-corrected chi connectivity index (χ0v) is 14.6. The van der Waals surface area contributed by atoms with E-state index >= 15 is 0 Å². The third-order valence-electron chi connectivity index (χ3n) is 4.76. The molecule has 23 heavy (non-hydrogen) atoms. The van der Waals surface area contributed by atoms with Gasteiger partial charge in [-0.25, -0.2) is 4.98 Å². The summed E-state index contributed by atoms with van der Waals surface area (Å²) in [4.78, 5) is 6.93. The first kappa shape index (κ1) is 18.3. The third-order valence-corrected chi connectivity index (χ3v) is 4.76. The molecule has 2 saturated heterocycles. The van der Waals surface area contributed by atoms with Crippen molar-refractivity contribution in [2.45, 2.75) is 13.0 Å². The fraction of sp³-hybridized carbons (Fsp3) is 0.471. The molecule has 3 heterocycles. The van der Waals surface area contributed by atoms with E-state index in [1.54, 1.807) is 0 Å². The summed E-state index contributed by atoms with van der Waals surface area (Å²) in [5.41, 5.74) is 1.09. The molecule has 126 valence electrons. The molecule has 0 amide bonds. The molecular formula is C17H23Cl2N3O. The van der Waals surface area contributed by atoms with Gasteiger partial charge in [-0.1, -0.05) is 30.3 Å². The van der Waals surface area contributed by atoms with Gasteiger partial charge in [0.15, 0.2) is 5.76 Å². The summed E-state index contributed by atoms with van der Waals surface area (Å²) in [7, 11) is 0. The van der Waals surface area contributed by atoms with E-state index in [-0.39, 0.29) is 24.8 Å². The number of nitrogens with zero attached hydrogens (tertiary/aromatic N) is 2. The topological polar surface area (TPSA) is 41.3 Å². The van der Waals surface area contributed by atoms with Crippen molar-refractivity contribution in [2.24, 2.45) is 11.8 Å². The fourth-order valence-corrected chi connectivity index (χ4v) is 3.56. The lowest BCUT2D eigenvalue weighted by atomic mass is 9.89. The Morgan fingerprint density at radius 3 is 2.74 bits per heavy atom. The Morgan fingerprint density at radius 1 is 1.13 bits per heavy atom. The van der Waals surface area contributed by atoms with Crippen LogP contribution in [0.15, 0.2) is 40.9 Å². The highest BCUT2D eigenvalue weighted by Gasteiger charge is 2.32. The number of likely N-dealkylation sites (tertiary alicyclic amines) is 1. The highest BCUT2D eigenvalue weighted by molar-refractivity contribution is 5.85. The van der Waals surface area contributed by atoms with Gasteiger partial charge in [0.2, 0.25) is 5.89 Å². The van der Waals surface area contributed by atoms with Gasteiger partial charge in [-0.05, 0) is 37.9 Å². The number of fused-ring (bicyclic) bond motifs is 1. The van der Waals surface area contributed by atoms with Crippen molar-refractivity contribution < 1.29 is 4.42 Å². The quantitative estimate of drug-likeness (QED) is 0.917. The van der Waals surface area contributed by atoms with Crippen molar-refractivity contribution in [3.63, 3.8) is 0 Å². The van der Waals surface area contributed by atoms with Gasteiger partial charge in [-0.2, -0.15) is 0 Å². The number of benzene rings is 1. The van der Waals surface area contributed by atoms with E-state index in [2.05, 4.69) is 27.3 Å². The van der Waals surface area contributed by atoms with Crippen molar-refractivity contribution in [1.29, 1.82) is 0 Å². The molecule has 4 nitrogen and oxygen atoms in total. The van der Waals surface area contributed by atoms with Crippen molar-refractivity contribution in [3.8, 4) is 11.3 Å². The molecule has 0 aliphatic carbocycles. The van der Waals surface area contributed by atoms with Gasteiger partial charge >= 0.3 is 0 Å². The summed E-state index contributed by atoms with van der Waals surface area (Å²) in [5, 5.41) is 3.51. The first-order valence-electron chi connectivity index (χ1n) is 7.82. The maximum atomic E-state index is 5.92. The Morgan fingerprint density at radius 2 is 1.91 bits per heavy atom. The molecule has 1 aromatic carbocycles. The highest BCUT2D eigenvalue weighted by atomic mass is 35.5. The number of rotatable bonds is 3. The van der Waals surface area contributed by atoms with Crippen molar-refractivity contribution in [1.82, 2.24) is 15.2 Å². The molecule has 6 heteroatoms. The third kappa shape index (κ3) is 4.07. The molecule has 2 fully saturated rings. The average Bonchev–Trinajstić information content (AvgIpc) is 3.17. The zero-order chi connectivity index (χ0) is 14.1. The van der Waals surface area contributed by atoms with E-state index in [9.17, 15) is 0 Å². The number of oxazole rings is 1. The van der Waals surface area contributed by atoms with Crippen LogP contribution in [0.5, 0.6) is 0 Å².